The molecule has 2 atom stereocenters. The van der Waals surface area contributed by atoms with E-state index >= 15 is 0 Å². The van der Waals surface area contributed by atoms with Gasteiger partial charge in [0.1, 0.15) is 0 Å². The first-order chi connectivity index (χ1) is 14.0. The van der Waals surface area contributed by atoms with Crippen molar-refractivity contribution in [2.24, 2.45) is 0 Å². The molecule has 4 rings (SSSR count). The van der Waals surface area contributed by atoms with Crippen LogP contribution < -0.4 is 9.80 Å². The van der Waals surface area contributed by atoms with Crippen LogP contribution in [0.25, 0.3) is 11.1 Å². The van der Waals surface area contributed by atoms with Gasteiger partial charge in [0, 0.05) is 28.5 Å². The molecule has 0 N–H and O–H groups in total. The molecule has 0 bridgehead atoms. The fraction of sp³-hybridized carbons (Fsp3) is 0.182. The molecule has 7 heteroatoms. The summed E-state index contributed by atoms with van der Waals surface area (Å²) in [5.41, 5.74) is 3.16. The molecule has 1 aliphatic rings. The molecular weight excluding hydrogens is 388 g/mol. The molecule has 2 unspecified atom stereocenters. The van der Waals surface area contributed by atoms with Crippen LogP contribution in [0.5, 0.6) is 0 Å². The van der Waals surface area contributed by atoms with Gasteiger partial charge in [0.15, 0.2) is 5.76 Å². The predicted molar refractivity (Wildman–Crippen MR) is 113 cm³/mol. The number of furan rings is 1. The van der Waals surface area contributed by atoms with Crippen LogP contribution in [0.1, 0.15) is 17.5 Å². The highest BCUT2D eigenvalue weighted by atomic mass is 32.2. The van der Waals surface area contributed by atoms with E-state index in [1.807, 2.05) is 49.4 Å². The number of benzene rings is 2. The third-order valence-electron chi connectivity index (χ3n) is 5.08. The number of hydrogen-bond donors (Lipinski definition) is 0. The molecule has 0 spiro atoms. The van der Waals surface area contributed by atoms with Gasteiger partial charge in [-0.3, -0.25) is 13.8 Å². The van der Waals surface area contributed by atoms with E-state index in [0.717, 1.165) is 22.4 Å². The van der Waals surface area contributed by atoms with E-state index in [-0.39, 0.29) is 17.7 Å². The van der Waals surface area contributed by atoms with Crippen molar-refractivity contribution in [2.75, 3.05) is 22.6 Å². The molecule has 0 radical (unpaired) electrons. The molecule has 0 fully saturated rings. The first-order valence-corrected chi connectivity index (χ1v) is 10.7. The lowest BCUT2D eigenvalue weighted by atomic mass is 10.0. The zero-order valence-corrected chi connectivity index (χ0v) is 16.9. The molecule has 0 aliphatic carbocycles. The third kappa shape index (κ3) is 3.49. The number of fused-ring (bicyclic) bond motifs is 1. The second-order valence-electron chi connectivity index (χ2n) is 6.94. The topological polar surface area (TPSA) is 70.8 Å². The molecule has 1 aliphatic heterocycles. The number of nitrogens with zero attached hydrogens (tertiary/aromatic N) is 2. The van der Waals surface area contributed by atoms with Crippen molar-refractivity contribution in [2.45, 2.75) is 17.9 Å². The molecule has 148 valence electrons. The van der Waals surface area contributed by atoms with Gasteiger partial charge >= 0.3 is 0 Å². The monoisotopic (exact) mass is 408 g/mol. The maximum Gasteiger partial charge on any atom is 0.294 e. The molecule has 29 heavy (non-hydrogen) atoms. The summed E-state index contributed by atoms with van der Waals surface area (Å²) in [7, 11) is -1.04. The summed E-state index contributed by atoms with van der Waals surface area (Å²) in [6, 6.07) is 16.3. The number of rotatable bonds is 4. The van der Waals surface area contributed by atoms with Crippen molar-refractivity contribution in [1.82, 2.24) is 0 Å². The maximum atomic E-state index is 13.0. The lowest BCUT2D eigenvalue weighted by Crippen LogP contribution is -2.49. The van der Waals surface area contributed by atoms with Gasteiger partial charge in [0.25, 0.3) is 5.91 Å². The standard InChI is InChI=1S/C22H20N2O4S/c1-15-13-23(22(26)21-4-3-11-28-21)20-12-17(7-10-19(20)24(15)14-25)16-5-8-18(9-6-16)29(2)27/h3-12,14-15H,13H2,1-2H3. The van der Waals surface area contributed by atoms with Gasteiger partial charge in [-0.05, 0) is 54.4 Å². The summed E-state index contributed by atoms with van der Waals surface area (Å²) in [4.78, 5) is 28.7. The average Bonchev–Trinajstić information content (AvgIpc) is 3.27. The zero-order valence-electron chi connectivity index (χ0n) is 16.1. The lowest BCUT2D eigenvalue weighted by molar-refractivity contribution is -0.107. The molecule has 1 aromatic heterocycles. The van der Waals surface area contributed by atoms with E-state index in [4.69, 9.17) is 4.42 Å². The normalized spacial score (nSPS) is 17.0. The van der Waals surface area contributed by atoms with Gasteiger partial charge in [-0.1, -0.05) is 18.2 Å². The minimum absolute atomic E-state index is 0.163. The van der Waals surface area contributed by atoms with Crippen molar-refractivity contribution >= 4 is 34.5 Å². The Morgan fingerprint density at radius 2 is 1.83 bits per heavy atom. The van der Waals surface area contributed by atoms with Crippen LogP contribution in [0.4, 0.5) is 11.4 Å². The zero-order chi connectivity index (χ0) is 20.5. The first-order valence-electron chi connectivity index (χ1n) is 9.16. The largest absolute Gasteiger partial charge is 0.459 e. The Kier molecular flexibility index (Phi) is 5.07. The van der Waals surface area contributed by atoms with Gasteiger partial charge in [0.2, 0.25) is 6.41 Å². The van der Waals surface area contributed by atoms with E-state index in [1.54, 1.807) is 28.2 Å². The third-order valence-corrected chi connectivity index (χ3v) is 6.01. The van der Waals surface area contributed by atoms with Crippen LogP contribution in [0.15, 0.2) is 70.2 Å². The van der Waals surface area contributed by atoms with Crippen LogP contribution in [-0.2, 0) is 15.6 Å². The van der Waals surface area contributed by atoms with E-state index < -0.39 is 10.8 Å². The highest BCUT2D eigenvalue weighted by molar-refractivity contribution is 7.84. The van der Waals surface area contributed by atoms with E-state index in [1.165, 1.54) is 6.26 Å². The lowest BCUT2D eigenvalue weighted by Gasteiger charge is -2.39. The quantitative estimate of drug-likeness (QED) is 0.617. The van der Waals surface area contributed by atoms with Crippen molar-refractivity contribution in [3.8, 4) is 11.1 Å². The van der Waals surface area contributed by atoms with Crippen molar-refractivity contribution in [3.05, 3.63) is 66.6 Å². The maximum absolute atomic E-state index is 13.0. The van der Waals surface area contributed by atoms with Crippen LogP contribution in [0.2, 0.25) is 0 Å². The fourth-order valence-electron chi connectivity index (χ4n) is 3.55. The molecule has 3 aromatic rings. The minimum atomic E-state index is -1.04. The SMILES string of the molecule is CC1CN(C(=O)c2ccco2)c2cc(-c3ccc(S(C)=O)cc3)ccc2N1C=O. The van der Waals surface area contributed by atoms with Crippen LogP contribution in [0.3, 0.4) is 0 Å². The average molecular weight is 408 g/mol. The number of hydrogen-bond acceptors (Lipinski definition) is 4. The second-order valence-corrected chi connectivity index (χ2v) is 8.32. The Bertz CT molecular complexity index is 1080. The number of carbonyl (C=O) groups excluding carboxylic acids is 2. The van der Waals surface area contributed by atoms with Crippen molar-refractivity contribution < 1.29 is 18.2 Å². The van der Waals surface area contributed by atoms with Crippen LogP contribution in [-0.4, -0.2) is 35.4 Å². The van der Waals surface area contributed by atoms with Gasteiger partial charge in [-0.25, -0.2) is 0 Å². The first kappa shape index (κ1) is 19.1. The number of amides is 2. The summed E-state index contributed by atoms with van der Waals surface area (Å²) < 4.78 is 16.9. The van der Waals surface area contributed by atoms with E-state index in [0.29, 0.717) is 17.9 Å². The minimum Gasteiger partial charge on any atom is -0.459 e. The van der Waals surface area contributed by atoms with Crippen molar-refractivity contribution in [3.63, 3.8) is 0 Å². The Labute approximate surface area is 171 Å². The van der Waals surface area contributed by atoms with Gasteiger partial charge < -0.3 is 14.2 Å². The van der Waals surface area contributed by atoms with Gasteiger partial charge in [0.05, 0.1) is 23.7 Å². The van der Waals surface area contributed by atoms with Crippen LogP contribution in [0, 0.1) is 0 Å². The Morgan fingerprint density at radius 3 is 2.45 bits per heavy atom. The Balaban J connectivity index is 1.79. The Hall–Kier alpha value is -3.19. The van der Waals surface area contributed by atoms with Gasteiger partial charge in [-0.2, -0.15) is 0 Å². The highest BCUT2D eigenvalue weighted by Gasteiger charge is 2.33. The van der Waals surface area contributed by atoms with E-state index in [2.05, 4.69) is 0 Å². The molecule has 0 saturated carbocycles. The molecular formula is C22H20N2O4S. The molecule has 6 nitrogen and oxygen atoms in total. The predicted octanol–water partition coefficient (Wildman–Crippen LogP) is 3.70. The highest BCUT2D eigenvalue weighted by Crippen LogP contribution is 2.38. The summed E-state index contributed by atoms with van der Waals surface area (Å²) in [5, 5.41) is 0. The summed E-state index contributed by atoms with van der Waals surface area (Å²) in [5.74, 6) is 0.00501. The number of anilines is 2. The summed E-state index contributed by atoms with van der Waals surface area (Å²) in [6.07, 6.45) is 3.90. The van der Waals surface area contributed by atoms with Crippen LogP contribution >= 0.6 is 0 Å². The van der Waals surface area contributed by atoms with Gasteiger partial charge in [-0.15, -0.1) is 0 Å². The summed E-state index contributed by atoms with van der Waals surface area (Å²) in [6.45, 7) is 2.26. The molecule has 2 amide bonds. The second kappa shape index (κ2) is 7.67. The number of carbonyl (C=O) groups is 2. The summed E-state index contributed by atoms with van der Waals surface area (Å²) >= 11 is 0. The molecule has 2 aromatic carbocycles. The Morgan fingerprint density at radius 1 is 1.10 bits per heavy atom. The van der Waals surface area contributed by atoms with Crippen molar-refractivity contribution in [1.29, 1.82) is 0 Å². The molecule has 2 heterocycles. The molecule has 0 saturated heterocycles. The fourth-order valence-corrected chi connectivity index (χ4v) is 4.07. The van der Waals surface area contributed by atoms with E-state index in [9.17, 15) is 13.8 Å². The smallest absolute Gasteiger partial charge is 0.294 e.